The molecule has 1 unspecified atom stereocenters. The van der Waals surface area contributed by atoms with E-state index < -0.39 is 5.97 Å². The number of rotatable bonds is 6. The second kappa shape index (κ2) is 10.4. The minimum atomic E-state index is -0.992. The van der Waals surface area contributed by atoms with E-state index in [2.05, 4.69) is 20.8 Å². The molecule has 29 heavy (non-hydrogen) atoms. The monoisotopic (exact) mass is 409 g/mol. The van der Waals surface area contributed by atoms with Crippen molar-refractivity contribution in [2.24, 2.45) is 17.3 Å². The summed E-state index contributed by atoms with van der Waals surface area (Å²) in [6, 6.07) is 0. The van der Waals surface area contributed by atoms with Gasteiger partial charge in [0.25, 0.3) is 0 Å². The van der Waals surface area contributed by atoms with Crippen molar-refractivity contribution in [1.82, 2.24) is 9.80 Å². The number of nitrogens with zero attached hydrogens (tertiary/aromatic N) is 2. The Hall–Kier alpha value is -1.63. The largest absolute Gasteiger partial charge is 0.550 e. The van der Waals surface area contributed by atoms with Crippen LogP contribution < -0.4 is 10.0 Å². The number of hydrogen-bond acceptors (Lipinski definition) is 4. The number of likely N-dealkylation sites (tertiary alicyclic amines) is 1. The first-order valence-corrected chi connectivity index (χ1v) is 11.1. The molecule has 2 aliphatic heterocycles. The zero-order chi connectivity index (χ0) is 21.6. The van der Waals surface area contributed by atoms with Crippen LogP contribution in [0.4, 0.5) is 0 Å². The minimum Gasteiger partial charge on any atom is -0.550 e. The van der Waals surface area contributed by atoms with Crippen LogP contribution in [0.1, 0.15) is 59.8 Å². The van der Waals surface area contributed by atoms with Crippen LogP contribution in [0.15, 0.2) is 0 Å². The lowest BCUT2D eigenvalue weighted by atomic mass is 9.80. The Morgan fingerprint density at radius 2 is 1.76 bits per heavy atom. The molecule has 0 aromatic heterocycles. The number of aliphatic carboxylic acids is 1. The standard InChI is InChI=1S/C22H39N3O4/c1-17(26)24-9-5-8-23(12-13-24)10-6-19-16-25(20(27)15-22(2,3)4)11-7-18(19)14-21(28)29/h18-19H,5-16H2,1-4H3,(H,28,29)/t18-,19-/m0/s1. The fourth-order valence-electron chi connectivity index (χ4n) is 4.69. The molecule has 0 aromatic carbocycles. The van der Waals surface area contributed by atoms with Crippen LogP contribution in [0.3, 0.4) is 0 Å². The van der Waals surface area contributed by atoms with E-state index in [9.17, 15) is 19.5 Å². The SMILES string of the molecule is CC(=O)N1CCC[NH+](CC[C@H]2CN(C(=O)CC(C)(C)C)CC[C@H]2CC(=O)[O-])CC1. The molecule has 2 aliphatic rings. The second-order valence-electron chi connectivity index (χ2n) is 10.1. The molecule has 2 saturated heterocycles. The molecule has 0 aromatic rings. The Bertz CT molecular complexity index is 587. The van der Waals surface area contributed by atoms with E-state index in [1.807, 2.05) is 9.80 Å². The Kier molecular flexibility index (Phi) is 8.49. The predicted octanol–water partition coefficient (Wildman–Crippen LogP) is -0.445. The van der Waals surface area contributed by atoms with Crippen molar-refractivity contribution in [1.29, 1.82) is 0 Å². The van der Waals surface area contributed by atoms with Gasteiger partial charge in [-0.2, -0.15) is 0 Å². The Labute approximate surface area is 175 Å². The second-order valence-corrected chi connectivity index (χ2v) is 10.1. The van der Waals surface area contributed by atoms with E-state index >= 15 is 0 Å². The first kappa shape index (κ1) is 23.6. The van der Waals surface area contributed by atoms with Gasteiger partial charge in [0.05, 0.1) is 26.2 Å². The number of carbonyl (C=O) groups excluding carboxylic acids is 3. The zero-order valence-electron chi connectivity index (χ0n) is 18.7. The average Bonchev–Trinajstić information content (AvgIpc) is 2.84. The molecule has 2 rings (SSSR count). The molecule has 1 N–H and O–H groups in total. The molecule has 0 bridgehead atoms. The minimum absolute atomic E-state index is 0.0484. The van der Waals surface area contributed by atoms with Crippen LogP contribution in [0.2, 0.25) is 0 Å². The van der Waals surface area contributed by atoms with Gasteiger partial charge in [0.1, 0.15) is 0 Å². The van der Waals surface area contributed by atoms with Crippen molar-refractivity contribution in [3.8, 4) is 0 Å². The molecule has 2 heterocycles. The fourth-order valence-corrected chi connectivity index (χ4v) is 4.69. The smallest absolute Gasteiger partial charge is 0.223 e. The first-order chi connectivity index (χ1) is 13.5. The molecule has 0 saturated carbocycles. The van der Waals surface area contributed by atoms with Gasteiger partial charge in [-0.05, 0) is 30.1 Å². The maximum Gasteiger partial charge on any atom is 0.223 e. The molecule has 2 amide bonds. The van der Waals surface area contributed by atoms with Crippen molar-refractivity contribution < 1.29 is 24.4 Å². The molecular formula is C22H39N3O4. The number of nitrogens with one attached hydrogen (secondary N) is 1. The summed E-state index contributed by atoms with van der Waals surface area (Å²) in [5.41, 5.74) is -0.0484. The molecule has 2 fully saturated rings. The number of quaternary nitrogens is 1. The van der Waals surface area contributed by atoms with E-state index in [4.69, 9.17) is 0 Å². The summed E-state index contributed by atoms with van der Waals surface area (Å²) in [7, 11) is 0. The number of piperidine rings is 1. The highest BCUT2D eigenvalue weighted by atomic mass is 16.4. The number of carbonyl (C=O) groups is 3. The van der Waals surface area contributed by atoms with E-state index in [-0.39, 0.29) is 35.5 Å². The van der Waals surface area contributed by atoms with Crippen molar-refractivity contribution >= 4 is 17.8 Å². The van der Waals surface area contributed by atoms with Crippen LogP contribution >= 0.6 is 0 Å². The Morgan fingerprint density at radius 1 is 1.03 bits per heavy atom. The van der Waals surface area contributed by atoms with E-state index in [1.165, 1.54) is 4.90 Å². The lowest BCUT2D eigenvalue weighted by Gasteiger charge is -2.40. The number of amides is 2. The lowest BCUT2D eigenvalue weighted by Crippen LogP contribution is -3.12. The fraction of sp³-hybridized carbons (Fsp3) is 0.864. The summed E-state index contributed by atoms with van der Waals surface area (Å²) < 4.78 is 0. The van der Waals surface area contributed by atoms with Crippen molar-refractivity contribution in [2.45, 2.75) is 59.8 Å². The van der Waals surface area contributed by atoms with Crippen molar-refractivity contribution in [3.63, 3.8) is 0 Å². The topological polar surface area (TPSA) is 85.2 Å². The highest BCUT2D eigenvalue weighted by molar-refractivity contribution is 5.77. The number of carboxylic acid groups (broad SMARTS) is 1. The van der Waals surface area contributed by atoms with E-state index in [1.54, 1.807) is 6.92 Å². The molecule has 3 atom stereocenters. The van der Waals surface area contributed by atoms with Gasteiger partial charge >= 0.3 is 0 Å². The normalized spacial score (nSPS) is 26.1. The van der Waals surface area contributed by atoms with Crippen LogP contribution in [0.5, 0.6) is 0 Å². The van der Waals surface area contributed by atoms with Gasteiger partial charge in [-0.1, -0.05) is 20.8 Å². The average molecular weight is 410 g/mol. The van der Waals surface area contributed by atoms with E-state index in [0.717, 1.165) is 52.0 Å². The summed E-state index contributed by atoms with van der Waals surface area (Å²) in [5.74, 6) is -0.396. The maximum atomic E-state index is 12.7. The van der Waals surface area contributed by atoms with Crippen LogP contribution in [0.25, 0.3) is 0 Å². The van der Waals surface area contributed by atoms with E-state index in [0.29, 0.717) is 19.5 Å². The highest BCUT2D eigenvalue weighted by Gasteiger charge is 2.33. The van der Waals surface area contributed by atoms with Crippen LogP contribution in [-0.2, 0) is 14.4 Å². The van der Waals surface area contributed by atoms with Crippen molar-refractivity contribution in [2.75, 3.05) is 45.8 Å². The Morgan fingerprint density at radius 3 is 2.38 bits per heavy atom. The van der Waals surface area contributed by atoms with Gasteiger partial charge in [-0.3, -0.25) is 9.59 Å². The van der Waals surface area contributed by atoms with Gasteiger partial charge in [0.2, 0.25) is 11.8 Å². The van der Waals surface area contributed by atoms with Gasteiger partial charge < -0.3 is 24.6 Å². The Balaban J connectivity index is 1.94. The molecule has 166 valence electrons. The van der Waals surface area contributed by atoms with Gasteiger partial charge in [0.15, 0.2) is 0 Å². The third-order valence-electron chi connectivity index (χ3n) is 6.36. The lowest BCUT2D eigenvalue weighted by molar-refractivity contribution is -0.898. The summed E-state index contributed by atoms with van der Waals surface area (Å²) in [6.45, 7) is 13.7. The third-order valence-corrected chi connectivity index (χ3v) is 6.36. The third kappa shape index (κ3) is 7.96. The molecular weight excluding hydrogens is 370 g/mol. The van der Waals surface area contributed by atoms with Gasteiger partial charge in [-0.15, -0.1) is 0 Å². The molecule has 7 heteroatoms. The molecule has 0 spiro atoms. The molecule has 0 radical (unpaired) electrons. The first-order valence-electron chi connectivity index (χ1n) is 11.1. The van der Waals surface area contributed by atoms with Crippen LogP contribution in [0, 0.1) is 17.3 Å². The summed E-state index contributed by atoms with van der Waals surface area (Å²) in [4.78, 5) is 40.9. The molecule has 0 aliphatic carbocycles. The summed E-state index contributed by atoms with van der Waals surface area (Å²) in [5, 5.41) is 11.2. The highest BCUT2D eigenvalue weighted by Crippen LogP contribution is 2.30. The maximum absolute atomic E-state index is 12.7. The zero-order valence-corrected chi connectivity index (χ0v) is 18.7. The predicted molar refractivity (Wildman–Crippen MR) is 109 cm³/mol. The number of hydrogen-bond donors (Lipinski definition) is 1. The summed E-state index contributed by atoms with van der Waals surface area (Å²) in [6.07, 6.45) is 3.25. The number of carboxylic acids is 1. The van der Waals surface area contributed by atoms with Crippen LogP contribution in [-0.4, -0.2) is 73.4 Å². The summed E-state index contributed by atoms with van der Waals surface area (Å²) >= 11 is 0. The van der Waals surface area contributed by atoms with Crippen molar-refractivity contribution in [3.05, 3.63) is 0 Å². The molecule has 7 nitrogen and oxygen atoms in total. The van der Waals surface area contributed by atoms with Gasteiger partial charge in [0, 0.05) is 51.8 Å². The van der Waals surface area contributed by atoms with Gasteiger partial charge in [-0.25, -0.2) is 0 Å². The quantitative estimate of drug-likeness (QED) is 0.644.